The molecule has 1 aliphatic rings. The van der Waals surface area contributed by atoms with Crippen LogP contribution >= 0.6 is 11.5 Å². The highest BCUT2D eigenvalue weighted by Gasteiger charge is 2.23. The molecule has 0 aliphatic heterocycles. The molecule has 1 aromatic heterocycles. The quantitative estimate of drug-likeness (QED) is 0.862. The molecular formula is C16H18N2OS. The average Bonchev–Trinajstić information content (AvgIpc) is 2.80. The Kier molecular flexibility index (Phi) is 3.57. The molecule has 2 aromatic rings. The lowest BCUT2D eigenvalue weighted by Crippen LogP contribution is -2.17. The molecular weight excluding hydrogens is 268 g/mol. The third-order valence-corrected chi connectivity index (χ3v) is 4.76. The van der Waals surface area contributed by atoms with Crippen molar-refractivity contribution in [2.24, 2.45) is 0 Å². The summed E-state index contributed by atoms with van der Waals surface area (Å²) in [4.78, 5) is 11.8. The number of aromatic nitrogens is 1. The first-order valence-corrected chi connectivity index (χ1v) is 7.75. The van der Waals surface area contributed by atoms with E-state index in [4.69, 9.17) is 0 Å². The standard InChI is InChI=1S/C16H18N2OS/c1-10-15(11(2)19)16(20-18-10)17-14-9-5-7-12-6-3-4-8-13(12)14/h3-4,6,8,14,17H,5,7,9H2,1-2H3. The van der Waals surface area contributed by atoms with Crippen LogP contribution in [-0.2, 0) is 6.42 Å². The van der Waals surface area contributed by atoms with Gasteiger partial charge in [-0.05, 0) is 55.8 Å². The molecule has 0 fully saturated rings. The first-order valence-electron chi connectivity index (χ1n) is 6.98. The Bertz CT molecular complexity index is 648. The molecule has 1 aromatic carbocycles. The van der Waals surface area contributed by atoms with Gasteiger partial charge in [0.05, 0.1) is 17.3 Å². The summed E-state index contributed by atoms with van der Waals surface area (Å²) in [7, 11) is 0. The third-order valence-electron chi connectivity index (χ3n) is 3.89. The zero-order valence-electron chi connectivity index (χ0n) is 11.8. The lowest BCUT2D eigenvalue weighted by atomic mass is 9.88. The van der Waals surface area contributed by atoms with Crippen LogP contribution in [0.5, 0.6) is 0 Å². The van der Waals surface area contributed by atoms with E-state index in [0.717, 1.165) is 29.1 Å². The van der Waals surface area contributed by atoms with Crippen LogP contribution in [0.2, 0.25) is 0 Å². The number of rotatable bonds is 3. The largest absolute Gasteiger partial charge is 0.368 e. The minimum atomic E-state index is 0.0860. The number of aryl methyl sites for hydroxylation is 2. The van der Waals surface area contributed by atoms with Gasteiger partial charge in [0.25, 0.3) is 0 Å². The molecule has 0 amide bonds. The SMILES string of the molecule is CC(=O)c1c(C)nsc1NC1CCCc2ccccc21. The number of benzene rings is 1. The number of Topliss-reactive ketones (excluding diaryl/α,β-unsaturated/α-hetero) is 1. The number of carbonyl (C=O) groups is 1. The van der Waals surface area contributed by atoms with E-state index in [1.54, 1.807) is 6.92 Å². The third kappa shape index (κ3) is 2.36. The predicted molar refractivity (Wildman–Crippen MR) is 82.6 cm³/mol. The van der Waals surface area contributed by atoms with E-state index < -0.39 is 0 Å². The number of carbonyl (C=O) groups excluding carboxylic acids is 1. The summed E-state index contributed by atoms with van der Waals surface area (Å²) in [6.45, 7) is 3.50. The molecule has 1 unspecified atom stereocenters. The monoisotopic (exact) mass is 286 g/mol. The number of hydrogen-bond donors (Lipinski definition) is 1. The van der Waals surface area contributed by atoms with Crippen LogP contribution in [-0.4, -0.2) is 10.2 Å². The lowest BCUT2D eigenvalue weighted by Gasteiger charge is -2.26. The molecule has 104 valence electrons. The molecule has 1 heterocycles. The fourth-order valence-corrected chi connectivity index (χ4v) is 3.84. The summed E-state index contributed by atoms with van der Waals surface area (Å²) in [6, 6.07) is 8.86. The van der Waals surface area contributed by atoms with Crippen LogP contribution in [0, 0.1) is 6.92 Å². The van der Waals surface area contributed by atoms with Crippen LogP contribution in [0.1, 0.15) is 53.0 Å². The normalized spacial score (nSPS) is 17.6. The van der Waals surface area contributed by atoms with Gasteiger partial charge < -0.3 is 5.32 Å². The Morgan fingerprint density at radius 3 is 3.00 bits per heavy atom. The number of hydrogen-bond acceptors (Lipinski definition) is 4. The van der Waals surface area contributed by atoms with E-state index in [2.05, 4.69) is 34.0 Å². The van der Waals surface area contributed by atoms with Gasteiger partial charge >= 0.3 is 0 Å². The Labute approximate surface area is 123 Å². The minimum absolute atomic E-state index is 0.0860. The Morgan fingerprint density at radius 1 is 1.40 bits per heavy atom. The zero-order chi connectivity index (χ0) is 14.1. The van der Waals surface area contributed by atoms with Gasteiger partial charge in [0, 0.05) is 0 Å². The van der Waals surface area contributed by atoms with Crippen molar-refractivity contribution in [2.75, 3.05) is 5.32 Å². The van der Waals surface area contributed by atoms with Gasteiger partial charge in [0.1, 0.15) is 5.00 Å². The highest BCUT2D eigenvalue weighted by atomic mass is 32.1. The van der Waals surface area contributed by atoms with Crippen molar-refractivity contribution < 1.29 is 4.79 Å². The van der Waals surface area contributed by atoms with Crippen molar-refractivity contribution in [1.82, 2.24) is 4.37 Å². The predicted octanol–water partition coefficient (Wildman–Crippen LogP) is 4.14. The summed E-state index contributed by atoms with van der Waals surface area (Å²) in [5.74, 6) is 0.0860. The molecule has 0 saturated heterocycles. The fraction of sp³-hybridized carbons (Fsp3) is 0.375. The van der Waals surface area contributed by atoms with E-state index in [-0.39, 0.29) is 11.8 Å². The molecule has 0 spiro atoms. The average molecular weight is 286 g/mol. The summed E-state index contributed by atoms with van der Waals surface area (Å²) in [6.07, 6.45) is 3.43. The summed E-state index contributed by atoms with van der Waals surface area (Å²) < 4.78 is 4.32. The van der Waals surface area contributed by atoms with E-state index in [1.165, 1.54) is 29.1 Å². The molecule has 1 N–H and O–H groups in total. The van der Waals surface area contributed by atoms with Crippen molar-refractivity contribution in [2.45, 2.75) is 39.2 Å². The summed E-state index contributed by atoms with van der Waals surface area (Å²) in [5, 5.41) is 4.46. The molecule has 4 heteroatoms. The Morgan fingerprint density at radius 2 is 2.20 bits per heavy atom. The molecule has 0 saturated carbocycles. The molecule has 0 radical (unpaired) electrons. The number of ketones is 1. The van der Waals surface area contributed by atoms with Crippen molar-refractivity contribution >= 4 is 22.3 Å². The molecule has 3 rings (SSSR count). The second-order valence-corrected chi connectivity index (χ2v) is 6.09. The lowest BCUT2D eigenvalue weighted by molar-refractivity contribution is 0.101. The molecule has 0 bridgehead atoms. The first-order chi connectivity index (χ1) is 9.66. The second-order valence-electron chi connectivity index (χ2n) is 5.32. The van der Waals surface area contributed by atoms with Gasteiger partial charge in [-0.15, -0.1) is 0 Å². The van der Waals surface area contributed by atoms with Crippen molar-refractivity contribution in [1.29, 1.82) is 0 Å². The smallest absolute Gasteiger partial charge is 0.164 e. The molecule has 3 nitrogen and oxygen atoms in total. The van der Waals surface area contributed by atoms with Crippen molar-refractivity contribution in [3.8, 4) is 0 Å². The van der Waals surface area contributed by atoms with Gasteiger partial charge in [-0.25, -0.2) is 0 Å². The van der Waals surface area contributed by atoms with Crippen LogP contribution in [0.4, 0.5) is 5.00 Å². The van der Waals surface area contributed by atoms with Gasteiger partial charge in [0.2, 0.25) is 0 Å². The molecule has 1 aliphatic carbocycles. The number of nitrogens with one attached hydrogen (secondary N) is 1. The van der Waals surface area contributed by atoms with Gasteiger partial charge in [-0.1, -0.05) is 24.3 Å². The van der Waals surface area contributed by atoms with E-state index in [0.29, 0.717) is 0 Å². The van der Waals surface area contributed by atoms with Crippen molar-refractivity contribution in [3.05, 3.63) is 46.6 Å². The van der Waals surface area contributed by atoms with E-state index in [9.17, 15) is 4.79 Å². The Hall–Kier alpha value is -1.68. The van der Waals surface area contributed by atoms with E-state index in [1.807, 2.05) is 6.92 Å². The van der Waals surface area contributed by atoms with Crippen LogP contribution in [0.25, 0.3) is 0 Å². The number of fused-ring (bicyclic) bond motifs is 1. The van der Waals surface area contributed by atoms with Gasteiger partial charge in [0.15, 0.2) is 5.78 Å². The van der Waals surface area contributed by atoms with Crippen LogP contribution < -0.4 is 5.32 Å². The molecule has 20 heavy (non-hydrogen) atoms. The maximum Gasteiger partial charge on any atom is 0.164 e. The van der Waals surface area contributed by atoms with Gasteiger partial charge in [-0.2, -0.15) is 4.37 Å². The first kappa shape index (κ1) is 13.3. The van der Waals surface area contributed by atoms with Gasteiger partial charge in [-0.3, -0.25) is 4.79 Å². The maximum absolute atomic E-state index is 11.8. The minimum Gasteiger partial charge on any atom is -0.368 e. The van der Waals surface area contributed by atoms with Crippen molar-refractivity contribution in [3.63, 3.8) is 0 Å². The summed E-state index contributed by atoms with van der Waals surface area (Å²) in [5.41, 5.74) is 4.35. The highest BCUT2D eigenvalue weighted by Crippen LogP contribution is 2.35. The maximum atomic E-state index is 11.8. The topological polar surface area (TPSA) is 42.0 Å². The van der Waals surface area contributed by atoms with Crippen LogP contribution in [0.15, 0.2) is 24.3 Å². The van der Waals surface area contributed by atoms with Crippen LogP contribution in [0.3, 0.4) is 0 Å². The molecule has 1 atom stereocenters. The zero-order valence-corrected chi connectivity index (χ0v) is 12.6. The number of nitrogens with zero attached hydrogens (tertiary/aromatic N) is 1. The number of anilines is 1. The fourth-order valence-electron chi connectivity index (χ4n) is 2.94. The van der Waals surface area contributed by atoms with E-state index >= 15 is 0 Å². The Balaban J connectivity index is 1.92. The highest BCUT2D eigenvalue weighted by molar-refractivity contribution is 7.10. The second kappa shape index (κ2) is 5.37. The summed E-state index contributed by atoms with van der Waals surface area (Å²) >= 11 is 1.39.